The van der Waals surface area contributed by atoms with Crippen LogP contribution < -0.4 is 15.2 Å². The Labute approximate surface area is 243 Å². The normalized spacial score (nSPS) is 12.7. The van der Waals surface area contributed by atoms with Crippen LogP contribution in [0, 0.1) is 0 Å². The van der Waals surface area contributed by atoms with E-state index in [1.165, 1.54) is 4.57 Å². The number of benzene rings is 3. The number of fused-ring (bicyclic) bond motifs is 1. The van der Waals surface area contributed by atoms with Crippen molar-refractivity contribution in [1.82, 2.24) is 14.0 Å². The van der Waals surface area contributed by atoms with Gasteiger partial charge < -0.3 is 14.4 Å². The largest absolute Gasteiger partial charge is 0.491 e. The maximum absolute atomic E-state index is 13.8. The zero-order chi connectivity index (χ0) is 28.9. The van der Waals surface area contributed by atoms with Gasteiger partial charge in [0, 0.05) is 19.5 Å². The molecule has 0 saturated heterocycles. The molecule has 0 bridgehead atoms. The average Bonchev–Trinajstić information content (AvgIpc) is 3.27. The van der Waals surface area contributed by atoms with Gasteiger partial charge in [-0.1, -0.05) is 54.1 Å². The lowest BCUT2D eigenvalue weighted by Crippen LogP contribution is -2.42. The minimum atomic E-state index is -0.306. The summed E-state index contributed by atoms with van der Waals surface area (Å²) in [6.07, 6.45) is 0.762. The number of para-hydroxylation sites is 1. The van der Waals surface area contributed by atoms with Gasteiger partial charge in [-0.25, -0.2) is 4.79 Å². The molecule has 0 fully saturated rings. The van der Waals surface area contributed by atoms with Gasteiger partial charge in [-0.3, -0.25) is 18.7 Å². The molecule has 212 valence electrons. The molecule has 1 aromatic heterocycles. The quantitative estimate of drug-likeness (QED) is 0.240. The number of imidazole rings is 1. The third-order valence-corrected chi connectivity index (χ3v) is 7.25. The molecule has 0 unspecified atom stereocenters. The molecule has 9 heteroatoms. The SMILES string of the molecule is CC(C)Oc1ccc(-n2c(C(=O)CCc3ccccc3)c3n(c2=O)CCN(C(=O)COc2ccccc2Cl)C3)cc1. The third kappa shape index (κ3) is 6.38. The Bertz CT molecular complexity index is 1590. The van der Waals surface area contributed by atoms with Gasteiger partial charge in [0.1, 0.15) is 17.2 Å². The maximum atomic E-state index is 13.8. The zero-order valence-electron chi connectivity index (χ0n) is 23.1. The summed E-state index contributed by atoms with van der Waals surface area (Å²) in [5.74, 6) is 0.676. The minimum Gasteiger partial charge on any atom is -0.491 e. The summed E-state index contributed by atoms with van der Waals surface area (Å²) in [4.78, 5) is 42.2. The predicted molar refractivity (Wildman–Crippen MR) is 157 cm³/mol. The van der Waals surface area contributed by atoms with Gasteiger partial charge in [0.05, 0.1) is 29.1 Å². The van der Waals surface area contributed by atoms with Gasteiger partial charge in [0.15, 0.2) is 12.4 Å². The number of ether oxygens (including phenoxy) is 2. The van der Waals surface area contributed by atoms with E-state index in [4.69, 9.17) is 21.1 Å². The van der Waals surface area contributed by atoms with Crippen LogP contribution in [0.3, 0.4) is 0 Å². The van der Waals surface area contributed by atoms with Crippen molar-refractivity contribution in [2.45, 2.75) is 45.9 Å². The first-order valence-electron chi connectivity index (χ1n) is 13.7. The van der Waals surface area contributed by atoms with Crippen LogP contribution in [0.4, 0.5) is 0 Å². The number of ketones is 1. The summed E-state index contributed by atoms with van der Waals surface area (Å²) in [7, 11) is 0. The van der Waals surface area contributed by atoms with Crippen molar-refractivity contribution in [3.05, 3.63) is 111 Å². The third-order valence-electron chi connectivity index (χ3n) is 6.93. The molecule has 0 atom stereocenters. The number of Topliss-reactive ketones (excluding diaryl/α,β-unsaturated/α-hetero) is 1. The fraction of sp³-hybridized carbons (Fsp3) is 0.281. The van der Waals surface area contributed by atoms with E-state index in [1.54, 1.807) is 58.0 Å². The summed E-state index contributed by atoms with van der Waals surface area (Å²) in [6, 6.07) is 23.8. The molecule has 0 aliphatic carbocycles. The van der Waals surface area contributed by atoms with Crippen LogP contribution in [-0.2, 0) is 24.3 Å². The van der Waals surface area contributed by atoms with Crippen molar-refractivity contribution in [3.8, 4) is 17.2 Å². The number of hydrogen-bond acceptors (Lipinski definition) is 5. The zero-order valence-corrected chi connectivity index (χ0v) is 23.8. The van der Waals surface area contributed by atoms with Crippen LogP contribution >= 0.6 is 11.6 Å². The van der Waals surface area contributed by atoms with Crippen molar-refractivity contribution in [1.29, 1.82) is 0 Å². The van der Waals surface area contributed by atoms with Crippen LogP contribution in [0.15, 0.2) is 83.7 Å². The number of halogens is 1. The van der Waals surface area contributed by atoms with Gasteiger partial charge in [0.2, 0.25) is 0 Å². The first kappa shape index (κ1) is 28.2. The van der Waals surface area contributed by atoms with Crippen LogP contribution in [0.25, 0.3) is 5.69 Å². The van der Waals surface area contributed by atoms with Gasteiger partial charge in [0.25, 0.3) is 5.91 Å². The first-order valence-corrected chi connectivity index (χ1v) is 14.0. The molecule has 0 spiro atoms. The molecule has 8 nitrogen and oxygen atoms in total. The highest BCUT2D eigenvalue weighted by molar-refractivity contribution is 6.32. The second-order valence-electron chi connectivity index (χ2n) is 10.2. The highest BCUT2D eigenvalue weighted by atomic mass is 35.5. The number of rotatable bonds is 10. The molecule has 0 radical (unpaired) electrons. The molecular formula is C32H32ClN3O5. The predicted octanol–water partition coefficient (Wildman–Crippen LogP) is 5.32. The summed E-state index contributed by atoms with van der Waals surface area (Å²) >= 11 is 6.17. The summed E-state index contributed by atoms with van der Waals surface area (Å²) in [5.41, 5.74) is 2.11. The van der Waals surface area contributed by atoms with E-state index in [0.29, 0.717) is 46.6 Å². The Morgan fingerprint density at radius 2 is 1.63 bits per heavy atom. The topological polar surface area (TPSA) is 82.8 Å². The molecule has 4 aromatic rings. The number of aromatic nitrogens is 2. The standard InChI is InChI=1S/C32H32ClN3O5/c1-22(2)41-25-15-13-24(14-16-25)36-31(28(37)17-12-23-8-4-3-5-9-23)27-20-34(18-19-35(27)32(36)39)30(38)21-40-29-11-7-6-10-26(29)33/h3-11,13-16,22H,12,17-21H2,1-2H3. The van der Waals surface area contributed by atoms with Crippen molar-refractivity contribution in [2.24, 2.45) is 0 Å². The lowest BCUT2D eigenvalue weighted by Gasteiger charge is -2.28. The maximum Gasteiger partial charge on any atom is 0.333 e. The Hall–Kier alpha value is -4.30. The molecular weight excluding hydrogens is 542 g/mol. The molecule has 1 aliphatic rings. The number of carbonyl (C=O) groups is 2. The van der Waals surface area contributed by atoms with Crippen molar-refractivity contribution >= 4 is 23.3 Å². The fourth-order valence-corrected chi connectivity index (χ4v) is 5.15. The summed E-state index contributed by atoms with van der Waals surface area (Å²) < 4.78 is 14.5. The Morgan fingerprint density at radius 3 is 2.34 bits per heavy atom. The second kappa shape index (κ2) is 12.5. The van der Waals surface area contributed by atoms with Gasteiger partial charge in [-0.15, -0.1) is 0 Å². The Morgan fingerprint density at radius 1 is 0.927 bits per heavy atom. The molecule has 1 amide bonds. The van der Waals surface area contributed by atoms with Crippen LogP contribution in [0.5, 0.6) is 11.5 Å². The van der Waals surface area contributed by atoms with E-state index in [9.17, 15) is 14.4 Å². The van der Waals surface area contributed by atoms with Crippen LogP contribution in [0.1, 0.15) is 42.0 Å². The summed E-state index contributed by atoms with van der Waals surface area (Å²) in [6.45, 7) is 4.39. The van der Waals surface area contributed by atoms with Crippen molar-refractivity contribution in [3.63, 3.8) is 0 Å². The number of carbonyl (C=O) groups excluding carboxylic acids is 2. The molecule has 41 heavy (non-hydrogen) atoms. The minimum absolute atomic E-state index is 0.00547. The van der Waals surface area contributed by atoms with E-state index in [-0.39, 0.29) is 49.6 Å². The highest BCUT2D eigenvalue weighted by Crippen LogP contribution is 2.25. The van der Waals surface area contributed by atoms with Crippen molar-refractivity contribution in [2.75, 3.05) is 13.2 Å². The lowest BCUT2D eigenvalue weighted by molar-refractivity contribution is -0.134. The highest BCUT2D eigenvalue weighted by Gasteiger charge is 2.31. The smallest absolute Gasteiger partial charge is 0.333 e. The Balaban J connectivity index is 1.45. The van der Waals surface area contributed by atoms with Crippen LogP contribution in [0.2, 0.25) is 5.02 Å². The number of hydrogen-bond donors (Lipinski definition) is 0. The second-order valence-corrected chi connectivity index (χ2v) is 10.6. The first-order chi connectivity index (χ1) is 19.8. The number of aryl methyl sites for hydroxylation is 1. The molecule has 0 N–H and O–H groups in total. The van der Waals surface area contributed by atoms with Crippen LogP contribution in [-0.4, -0.2) is 45.0 Å². The van der Waals surface area contributed by atoms with E-state index in [0.717, 1.165) is 5.56 Å². The molecule has 1 aliphatic heterocycles. The molecule has 2 heterocycles. The molecule has 3 aromatic carbocycles. The molecule has 5 rings (SSSR count). The monoisotopic (exact) mass is 573 g/mol. The number of nitrogens with zero attached hydrogens (tertiary/aromatic N) is 3. The van der Waals surface area contributed by atoms with Crippen molar-refractivity contribution < 1.29 is 19.1 Å². The Kier molecular flexibility index (Phi) is 8.59. The van der Waals surface area contributed by atoms with E-state index >= 15 is 0 Å². The van der Waals surface area contributed by atoms with Gasteiger partial charge >= 0.3 is 5.69 Å². The van der Waals surface area contributed by atoms with E-state index in [1.807, 2.05) is 44.2 Å². The van der Waals surface area contributed by atoms with E-state index in [2.05, 4.69) is 0 Å². The lowest BCUT2D eigenvalue weighted by atomic mass is 10.0. The molecule has 0 saturated carbocycles. The number of amides is 1. The van der Waals surface area contributed by atoms with Gasteiger partial charge in [-0.05, 0) is 62.2 Å². The van der Waals surface area contributed by atoms with E-state index < -0.39 is 0 Å². The van der Waals surface area contributed by atoms with Gasteiger partial charge in [-0.2, -0.15) is 0 Å². The summed E-state index contributed by atoms with van der Waals surface area (Å²) in [5, 5.41) is 0.418. The average molecular weight is 574 g/mol. The fourth-order valence-electron chi connectivity index (χ4n) is 4.96.